The number of carbonyl (C=O) groups is 3. The van der Waals surface area contributed by atoms with Gasteiger partial charge in [0.1, 0.15) is 11.6 Å². The van der Waals surface area contributed by atoms with E-state index in [-0.39, 0.29) is 42.2 Å². The van der Waals surface area contributed by atoms with E-state index in [2.05, 4.69) is 27.0 Å². The predicted octanol–water partition coefficient (Wildman–Crippen LogP) is 4.82. The first-order chi connectivity index (χ1) is 20.9. The molecule has 0 aliphatic carbocycles. The van der Waals surface area contributed by atoms with Crippen LogP contribution in [0.3, 0.4) is 0 Å². The molecule has 0 aromatic heterocycles. The molecule has 8 atom stereocenters. The molecule has 242 valence electrons. The Morgan fingerprint density at radius 1 is 1.14 bits per heavy atom. The summed E-state index contributed by atoms with van der Waals surface area (Å²) in [7, 11) is 0. The summed E-state index contributed by atoms with van der Waals surface area (Å²) in [6.07, 6.45) is 6.15. The first-order valence-electron chi connectivity index (χ1n) is 16.4. The van der Waals surface area contributed by atoms with Crippen LogP contribution in [-0.2, 0) is 25.7 Å². The van der Waals surface area contributed by atoms with Crippen LogP contribution in [0.4, 0.5) is 0 Å². The molecule has 1 N–H and O–H groups in total. The van der Waals surface area contributed by atoms with Crippen LogP contribution < -0.4 is 0 Å². The summed E-state index contributed by atoms with van der Waals surface area (Å²) in [5.74, 6) is -2.13. The van der Waals surface area contributed by atoms with Crippen LogP contribution in [0.5, 0.6) is 0 Å². The van der Waals surface area contributed by atoms with E-state index in [4.69, 9.17) is 4.74 Å². The van der Waals surface area contributed by atoms with Gasteiger partial charge in [0.15, 0.2) is 0 Å². The number of aliphatic hydroxyl groups is 1. The minimum absolute atomic E-state index is 0.0725. The van der Waals surface area contributed by atoms with Crippen LogP contribution >= 0.6 is 0 Å². The second kappa shape index (κ2) is 13.6. The zero-order valence-electron chi connectivity index (χ0n) is 27.6. The molecular weight excluding hydrogens is 554 g/mol. The lowest BCUT2D eigenvalue weighted by molar-refractivity contribution is -0.159. The summed E-state index contributed by atoms with van der Waals surface area (Å²) in [5.41, 5.74) is -1.12. The highest BCUT2D eigenvalue weighted by atomic mass is 16.5. The van der Waals surface area contributed by atoms with Crippen molar-refractivity contribution in [3.05, 3.63) is 61.2 Å². The molecule has 4 rings (SSSR count). The average Bonchev–Trinajstić information content (AvgIpc) is 3.50. The van der Waals surface area contributed by atoms with Gasteiger partial charge in [-0.2, -0.15) is 0 Å². The molecule has 8 heteroatoms. The molecule has 4 unspecified atom stereocenters. The molecule has 3 aliphatic rings. The first-order valence-corrected chi connectivity index (χ1v) is 16.4. The van der Waals surface area contributed by atoms with Gasteiger partial charge in [-0.1, -0.05) is 76.6 Å². The summed E-state index contributed by atoms with van der Waals surface area (Å²) in [5, 5.41) is 10.7. The smallest absolute Gasteiger partial charge is 0.248 e. The minimum Gasteiger partial charge on any atom is -0.394 e. The van der Waals surface area contributed by atoms with Gasteiger partial charge in [0.2, 0.25) is 17.7 Å². The maximum Gasteiger partial charge on any atom is 0.248 e. The zero-order valence-corrected chi connectivity index (χ0v) is 27.6. The SMILES string of the molecule is C=CCN(Cc1ccccc1)C(=O)[C@@H]1[C@H]2C(=O)N([C@@H](CO)CC(C)C)C(C(=O)N(CC=C)C(C)CCC)C23CC(C)[C@@]1(C)O3. The molecule has 3 amide bonds. The van der Waals surface area contributed by atoms with Crippen molar-refractivity contribution in [2.45, 2.75) is 103 Å². The van der Waals surface area contributed by atoms with Gasteiger partial charge in [0, 0.05) is 25.7 Å². The van der Waals surface area contributed by atoms with Crippen LogP contribution in [0.1, 0.15) is 72.8 Å². The second-order valence-electron chi connectivity index (χ2n) is 13.8. The van der Waals surface area contributed by atoms with Crippen molar-refractivity contribution in [3.8, 4) is 0 Å². The maximum absolute atomic E-state index is 14.8. The summed E-state index contributed by atoms with van der Waals surface area (Å²) in [4.78, 5) is 49.5. The number of nitrogens with zero attached hydrogens (tertiary/aromatic N) is 3. The molecule has 3 fully saturated rings. The number of ether oxygens (including phenoxy) is 1. The number of benzene rings is 1. The van der Waals surface area contributed by atoms with Crippen LogP contribution in [0, 0.1) is 23.7 Å². The van der Waals surface area contributed by atoms with Gasteiger partial charge >= 0.3 is 0 Å². The summed E-state index contributed by atoms with van der Waals surface area (Å²) in [6.45, 7) is 20.8. The normalized spacial score (nSPS) is 30.3. The number of hydrogen-bond donors (Lipinski definition) is 1. The molecular formula is C36H53N3O5. The highest BCUT2D eigenvalue weighted by molar-refractivity contribution is 5.99. The number of amides is 3. The number of fused-ring (bicyclic) bond motifs is 1. The molecule has 1 aromatic rings. The fraction of sp³-hybridized carbons (Fsp3) is 0.639. The quantitative estimate of drug-likeness (QED) is 0.289. The van der Waals surface area contributed by atoms with Gasteiger partial charge in [-0.15, -0.1) is 13.2 Å². The number of likely N-dealkylation sites (tertiary alicyclic amines) is 1. The van der Waals surface area contributed by atoms with E-state index in [1.165, 1.54) is 0 Å². The fourth-order valence-corrected chi connectivity index (χ4v) is 8.29. The lowest BCUT2D eigenvalue weighted by atomic mass is 9.62. The monoisotopic (exact) mass is 607 g/mol. The van der Waals surface area contributed by atoms with Crippen molar-refractivity contribution in [2.24, 2.45) is 23.7 Å². The molecule has 0 saturated carbocycles. The Bertz CT molecular complexity index is 1220. The third-order valence-electron chi connectivity index (χ3n) is 10.3. The molecule has 44 heavy (non-hydrogen) atoms. The summed E-state index contributed by atoms with van der Waals surface area (Å²) < 4.78 is 7.01. The lowest BCUT2D eigenvalue weighted by Gasteiger charge is -2.41. The van der Waals surface area contributed by atoms with E-state index in [0.717, 1.165) is 18.4 Å². The molecule has 3 heterocycles. The third-order valence-corrected chi connectivity index (χ3v) is 10.3. The van der Waals surface area contributed by atoms with Gasteiger partial charge in [-0.05, 0) is 50.5 Å². The number of hydrogen-bond acceptors (Lipinski definition) is 5. The molecule has 3 saturated heterocycles. The Labute approximate surface area is 264 Å². The molecule has 1 spiro atoms. The molecule has 2 bridgehead atoms. The van der Waals surface area contributed by atoms with E-state index >= 15 is 0 Å². The number of aliphatic hydroxyl groups excluding tert-OH is 1. The van der Waals surface area contributed by atoms with Crippen molar-refractivity contribution in [1.82, 2.24) is 14.7 Å². The highest BCUT2D eigenvalue weighted by Gasteiger charge is 2.80. The van der Waals surface area contributed by atoms with Crippen molar-refractivity contribution in [2.75, 3.05) is 19.7 Å². The number of rotatable bonds is 15. The molecule has 0 radical (unpaired) electrons. The van der Waals surface area contributed by atoms with Crippen LogP contribution in [0.25, 0.3) is 0 Å². The van der Waals surface area contributed by atoms with Crippen LogP contribution in [0.2, 0.25) is 0 Å². The van der Waals surface area contributed by atoms with Crippen molar-refractivity contribution < 1.29 is 24.2 Å². The second-order valence-corrected chi connectivity index (χ2v) is 13.8. The van der Waals surface area contributed by atoms with Crippen molar-refractivity contribution >= 4 is 17.7 Å². The zero-order chi connectivity index (χ0) is 32.4. The molecule has 3 aliphatic heterocycles. The van der Waals surface area contributed by atoms with Crippen molar-refractivity contribution in [1.29, 1.82) is 0 Å². The van der Waals surface area contributed by atoms with Gasteiger partial charge < -0.3 is 24.5 Å². The van der Waals surface area contributed by atoms with E-state index in [9.17, 15) is 19.5 Å². The van der Waals surface area contributed by atoms with Gasteiger partial charge in [0.05, 0.1) is 30.1 Å². The Kier molecular flexibility index (Phi) is 10.5. The Morgan fingerprint density at radius 3 is 2.36 bits per heavy atom. The summed E-state index contributed by atoms with van der Waals surface area (Å²) in [6, 6.07) is 8.19. The molecule has 8 nitrogen and oxygen atoms in total. The fourth-order valence-electron chi connectivity index (χ4n) is 8.29. The standard InChI is InChI=1S/C36H53N3O5/c1-9-15-26(7)38(19-11-3)34(43)31-36-21-25(6)35(8,44-36)29(30(36)33(42)39(31)28(23-40)20-24(4)5)32(41)37(18-10-2)22-27-16-13-12-14-17-27/h10-14,16-17,24-26,28-31,40H,2-3,9,15,18-23H2,1,4-8H3/t25?,26?,28-,29+,30+,31?,35-,36?/m1/s1. The summed E-state index contributed by atoms with van der Waals surface area (Å²) >= 11 is 0. The number of carbonyl (C=O) groups excluding carboxylic acids is 3. The van der Waals surface area contributed by atoms with Gasteiger partial charge in [-0.25, -0.2) is 0 Å². The highest BCUT2D eigenvalue weighted by Crippen LogP contribution is 2.66. The topological polar surface area (TPSA) is 90.4 Å². The van der Waals surface area contributed by atoms with E-state index in [1.54, 1.807) is 26.9 Å². The van der Waals surface area contributed by atoms with Gasteiger partial charge in [0.25, 0.3) is 0 Å². The average molecular weight is 608 g/mol. The van der Waals surface area contributed by atoms with Crippen LogP contribution in [0.15, 0.2) is 55.6 Å². The largest absolute Gasteiger partial charge is 0.394 e. The van der Waals surface area contributed by atoms with E-state index in [1.807, 2.05) is 58.0 Å². The van der Waals surface area contributed by atoms with E-state index < -0.39 is 35.1 Å². The van der Waals surface area contributed by atoms with Gasteiger partial charge in [-0.3, -0.25) is 14.4 Å². The van der Waals surface area contributed by atoms with Crippen molar-refractivity contribution in [3.63, 3.8) is 0 Å². The molecule has 1 aromatic carbocycles. The Morgan fingerprint density at radius 2 is 1.80 bits per heavy atom. The minimum atomic E-state index is -1.18. The Hall–Kier alpha value is -2.97. The Balaban J connectivity index is 1.84. The van der Waals surface area contributed by atoms with Crippen LogP contribution in [-0.4, -0.2) is 86.6 Å². The third kappa shape index (κ3) is 5.76. The first kappa shape index (κ1) is 33.9. The maximum atomic E-state index is 14.8. The lowest BCUT2D eigenvalue weighted by Crippen LogP contribution is -2.60. The predicted molar refractivity (Wildman–Crippen MR) is 172 cm³/mol. The van der Waals surface area contributed by atoms with E-state index in [0.29, 0.717) is 32.5 Å².